The summed E-state index contributed by atoms with van der Waals surface area (Å²) in [5.74, 6) is 0. The van der Waals surface area contributed by atoms with E-state index >= 15 is 0 Å². The molecule has 0 atom stereocenters. The van der Waals surface area contributed by atoms with Crippen LogP contribution in [0.4, 0.5) is 8.78 Å². The Morgan fingerprint density at radius 2 is 1.44 bits per heavy atom. The molecule has 0 bridgehead atoms. The first-order chi connectivity index (χ1) is 7.57. The topological polar surface area (TPSA) is 0 Å². The van der Waals surface area contributed by atoms with E-state index in [1.54, 1.807) is 12.1 Å². The second kappa shape index (κ2) is 4.22. The molecule has 16 heavy (non-hydrogen) atoms. The Balaban J connectivity index is 2.45. The molecule has 0 N–H and O–H groups in total. The Labute approximate surface area is 97.5 Å². The Bertz CT molecular complexity index is 475. The molecule has 0 aliphatic carbocycles. The average molecular weight is 239 g/mol. The van der Waals surface area contributed by atoms with Crippen LogP contribution in [0.5, 0.6) is 0 Å². The van der Waals surface area contributed by atoms with Crippen LogP contribution in [-0.2, 0) is 5.38 Å². The summed E-state index contributed by atoms with van der Waals surface area (Å²) >= 11 is 4.98. The lowest BCUT2D eigenvalue weighted by Crippen LogP contribution is -2.02. The van der Waals surface area contributed by atoms with Crippen molar-refractivity contribution in [2.75, 3.05) is 0 Å². The maximum Gasteiger partial charge on any atom is 0.348 e. The van der Waals surface area contributed by atoms with Gasteiger partial charge in [0.1, 0.15) is 0 Å². The Kier molecular flexibility index (Phi) is 2.92. The lowest BCUT2D eigenvalue weighted by Gasteiger charge is -2.09. The zero-order chi connectivity index (χ0) is 11.6. The summed E-state index contributed by atoms with van der Waals surface area (Å²) in [5.41, 5.74) is 1.44. The Morgan fingerprint density at radius 1 is 0.812 bits per heavy atom. The lowest BCUT2D eigenvalue weighted by atomic mass is 10.0. The van der Waals surface area contributed by atoms with Crippen LogP contribution in [0.1, 0.15) is 5.56 Å². The molecule has 0 spiro atoms. The highest BCUT2D eigenvalue weighted by molar-refractivity contribution is 6.21. The highest BCUT2D eigenvalue weighted by atomic mass is 35.5. The third kappa shape index (κ3) is 2.39. The second-order valence-corrected chi connectivity index (χ2v) is 3.92. The van der Waals surface area contributed by atoms with Gasteiger partial charge in [0.25, 0.3) is 0 Å². The summed E-state index contributed by atoms with van der Waals surface area (Å²) in [4.78, 5) is 0. The van der Waals surface area contributed by atoms with Crippen molar-refractivity contribution in [1.82, 2.24) is 0 Å². The smallest absolute Gasteiger partial charge is 0.183 e. The first-order valence-electron chi connectivity index (χ1n) is 4.80. The SMILES string of the molecule is FC(F)(Cl)c1cccc(-c2ccccc2)c1. The fraction of sp³-hybridized carbons (Fsp3) is 0.0769. The van der Waals surface area contributed by atoms with Gasteiger partial charge in [-0.3, -0.25) is 0 Å². The van der Waals surface area contributed by atoms with E-state index in [4.69, 9.17) is 11.6 Å². The predicted molar refractivity (Wildman–Crippen MR) is 61.6 cm³/mol. The number of rotatable bonds is 2. The fourth-order valence-electron chi connectivity index (χ4n) is 1.51. The molecule has 0 saturated carbocycles. The monoisotopic (exact) mass is 238 g/mol. The van der Waals surface area contributed by atoms with Crippen LogP contribution >= 0.6 is 11.6 Å². The van der Waals surface area contributed by atoms with Crippen LogP contribution < -0.4 is 0 Å². The van der Waals surface area contributed by atoms with Crippen LogP contribution in [0.3, 0.4) is 0 Å². The van der Waals surface area contributed by atoms with Crippen molar-refractivity contribution in [2.45, 2.75) is 5.38 Å². The first kappa shape index (κ1) is 11.1. The molecule has 3 heteroatoms. The summed E-state index contributed by atoms with van der Waals surface area (Å²) in [5, 5.41) is -3.31. The van der Waals surface area contributed by atoms with Crippen molar-refractivity contribution in [3.8, 4) is 11.1 Å². The first-order valence-corrected chi connectivity index (χ1v) is 5.18. The van der Waals surface area contributed by atoms with Gasteiger partial charge in [0.15, 0.2) is 0 Å². The molecule has 0 saturated heterocycles. The fourth-order valence-corrected chi connectivity index (χ4v) is 1.62. The molecule has 0 aliphatic heterocycles. The molecule has 2 aromatic carbocycles. The van der Waals surface area contributed by atoms with Gasteiger partial charge in [-0.2, -0.15) is 8.78 Å². The number of halogens is 3. The summed E-state index contributed by atoms with van der Waals surface area (Å²) < 4.78 is 25.8. The Morgan fingerprint density at radius 3 is 2.06 bits per heavy atom. The molecule has 0 radical (unpaired) electrons. The van der Waals surface area contributed by atoms with Gasteiger partial charge in [-0.05, 0) is 28.8 Å². The normalized spacial score (nSPS) is 11.4. The lowest BCUT2D eigenvalue weighted by molar-refractivity contribution is 0.0952. The van der Waals surface area contributed by atoms with E-state index in [-0.39, 0.29) is 5.56 Å². The maximum absolute atomic E-state index is 12.9. The van der Waals surface area contributed by atoms with Gasteiger partial charge in [0.2, 0.25) is 0 Å². The molecule has 2 rings (SSSR count). The molecule has 0 amide bonds. The van der Waals surface area contributed by atoms with Crippen LogP contribution in [-0.4, -0.2) is 0 Å². The zero-order valence-corrected chi connectivity index (χ0v) is 9.09. The van der Waals surface area contributed by atoms with Crippen LogP contribution in [0.25, 0.3) is 11.1 Å². The zero-order valence-electron chi connectivity index (χ0n) is 8.33. The number of benzene rings is 2. The minimum Gasteiger partial charge on any atom is -0.183 e. The van der Waals surface area contributed by atoms with Gasteiger partial charge in [-0.1, -0.05) is 48.5 Å². The number of hydrogen-bond donors (Lipinski definition) is 0. The van der Waals surface area contributed by atoms with Gasteiger partial charge in [-0.25, -0.2) is 0 Å². The number of hydrogen-bond acceptors (Lipinski definition) is 0. The van der Waals surface area contributed by atoms with Crippen LogP contribution in [0.15, 0.2) is 54.6 Å². The quantitative estimate of drug-likeness (QED) is 0.669. The van der Waals surface area contributed by atoms with Crippen LogP contribution in [0, 0.1) is 0 Å². The van der Waals surface area contributed by atoms with Crippen molar-refractivity contribution >= 4 is 11.6 Å². The van der Waals surface area contributed by atoms with E-state index in [1.807, 2.05) is 30.3 Å². The molecule has 0 fully saturated rings. The highest BCUT2D eigenvalue weighted by Crippen LogP contribution is 2.34. The largest absolute Gasteiger partial charge is 0.348 e. The molecule has 0 nitrogen and oxygen atoms in total. The predicted octanol–water partition coefficient (Wildman–Crippen LogP) is 4.64. The van der Waals surface area contributed by atoms with Crippen molar-refractivity contribution in [3.63, 3.8) is 0 Å². The van der Waals surface area contributed by atoms with Gasteiger partial charge < -0.3 is 0 Å². The van der Waals surface area contributed by atoms with E-state index in [0.29, 0.717) is 0 Å². The average Bonchev–Trinajstić information content (AvgIpc) is 2.29. The highest BCUT2D eigenvalue weighted by Gasteiger charge is 2.27. The standard InChI is InChI=1S/C13H9ClF2/c14-13(15,16)12-8-4-7-11(9-12)10-5-2-1-3-6-10/h1-9H. The van der Waals surface area contributed by atoms with Gasteiger partial charge in [0.05, 0.1) is 0 Å². The van der Waals surface area contributed by atoms with E-state index < -0.39 is 5.38 Å². The molecule has 0 unspecified atom stereocenters. The van der Waals surface area contributed by atoms with E-state index in [0.717, 1.165) is 11.1 Å². The molecular formula is C13H9ClF2. The van der Waals surface area contributed by atoms with Gasteiger partial charge in [0, 0.05) is 5.56 Å². The molecule has 2 aromatic rings. The maximum atomic E-state index is 12.9. The van der Waals surface area contributed by atoms with E-state index in [9.17, 15) is 8.78 Å². The van der Waals surface area contributed by atoms with Gasteiger partial charge >= 0.3 is 5.38 Å². The van der Waals surface area contributed by atoms with Crippen molar-refractivity contribution in [1.29, 1.82) is 0 Å². The van der Waals surface area contributed by atoms with Crippen LogP contribution in [0.2, 0.25) is 0 Å². The summed E-state index contributed by atoms with van der Waals surface area (Å²) in [7, 11) is 0. The molecule has 82 valence electrons. The van der Waals surface area contributed by atoms with Crippen molar-refractivity contribution in [3.05, 3.63) is 60.2 Å². The molecule has 0 aromatic heterocycles. The molecule has 0 aliphatic rings. The van der Waals surface area contributed by atoms with E-state index in [2.05, 4.69) is 0 Å². The Hall–Kier alpha value is -1.41. The van der Waals surface area contributed by atoms with Gasteiger partial charge in [-0.15, -0.1) is 0 Å². The molecule has 0 heterocycles. The van der Waals surface area contributed by atoms with Crippen molar-refractivity contribution < 1.29 is 8.78 Å². The third-order valence-corrected chi connectivity index (χ3v) is 2.52. The molecular weight excluding hydrogens is 230 g/mol. The third-order valence-electron chi connectivity index (χ3n) is 2.30. The van der Waals surface area contributed by atoms with Crippen molar-refractivity contribution in [2.24, 2.45) is 0 Å². The second-order valence-electron chi connectivity index (χ2n) is 3.44. The summed E-state index contributed by atoms with van der Waals surface area (Å²) in [6.45, 7) is 0. The minimum absolute atomic E-state index is 0.185. The minimum atomic E-state index is -3.31. The summed E-state index contributed by atoms with van der Waals surface area (Å²) in [6.07, 6.45) is 0. The summed E-state index contributed by atoms with van der Waals surface area (Å²) in [6, 6.07) is 15.4. The van der Waals surface area contributed by atoms with E-state index in [1.165, 1.54) is 12.1 Å². The number of alkyl halides is 3.